The van der Waals surface area contributed by atoms with E-state index in [9.17, 15) is 5.11 Å². The van der Waals surface area contributed by atoms with Crippen LogP contribution >= 0.6 is 0 Å². The van der Waals surface area contributed by atoms with Gasteiger partial charge in [-0.15, -0.1) is 0 Å². The number of aliphatic hydroxyl groups excluding tert-OH is 1. The minimum absolute atomic E-state index is 0.244. The van der Waals surface area contributed by atoms with Crippen molar-refractivity contribution in [2.75, 3.05) is 26.2 Å². The number of aliphatic hydroxyl groups is 1. The summed E-state index contributed by atoms with van der Waals surface area (Å²) < 4.78 is 0. The number of allylic oxidation sites excluding steroid dienone is 1. The summed E-state index contributed by atoms with van der Waals surface area (Å²) in [6.07, 6.45) is 8.14. The maximum absolute atomic E-state index is 10.7. The molecule has 2 atom stereocenters. The topological polar surface area (TPSA) is 52.7 Å². The largest absolute Gasteiger partial charge is 0.378 e. The summed E-state index contributed by atoms with van der Waals surface area (Å²) in [5.74, 6) is 0.485. The van der Waals surface area contributed by atoms with Crippen LogP contribution < -0.4 is 5.73 Å². The fourth-order valence-electron chi connectivity index (χ4n) is 3.69. The molecule has 3 N–H and O–H groups in total. The standard InChI is InChI=1S/C16H31N3O/c1-13(8-9-17)18-10-11-19(14(2)12-18)16(20)15-6-4-3-5-7-15/h8,14-16,20H,3-7,9-12,17H2,1-2H3/b13-8+/t14-,16?/m1/s1. The van der Waals surface area contributed by atoms with Crippen molar-refractivity contribution >= 4 is 0 Å². The summed E-state index contributed by atoms with van der Waals surface area (Å²) in [4.78, 5) is 4.70. The number of nitrogens with zero attached hydrogens (tertiary/aromatic N) is 2. The van der Waals surface area contributed by atoms with Crippen molar-refractivity contribution in [1.29, 1.82) is 0 Å². The monoisotopic (exact) mass is 281 g/mol. The van der Waals surface area contributed by atoms with Gasteiger partial charge in [-0.2, -0.15) is 0 Å². The van der Waals surface area contributed by atoms with E-state index in [1.165, 1.54) is 37.8 Å². The lowest BCUT2D eigenvalue weighted by atomic mass is 9.87. The Morgan fingerprint density at radius 1 is 1.30 bits per heavy atom. The summed E-state index contributed by atoms with van der Waals surface area (Å²) in [6, 6.07) is 0.404. The Balaban J connectivity index is 1.90. The van der Waals surface area contributed by atoms with Gasteiger partial charge in [0, 0.05) is 37.9 Å². The second kappa shape index (κ2) is 7.43. The molecule has 116 valence electrons. The van der Waals surface area contributed by atoms with Gasteiger partial charge in [0.2, 0.25) is 0 Å². The molecule has 2 fully saturated rings. The van der Waals surface area contributed by atoms with E-state index in [2.05, 4.69) is 29.7 Å². The third-order valence-electron chi connectivity index (χ3n) is 5.00. The predicted molar refractivity (Wildman–Crippen MR) is 83.1 cm³/mol. The summed E-state index contributed by atoms with van der Waals surface area (Å²) in [6.45, 7) is 7.91. The first kappa shape index (κ1) is 15.8. The maximum Gasteiger partial charge on any atom is 0.110 e. The highest BCUT2D eigenvalue weighted by molar-refractivity contribution is 5.01. The molecular weight excluding hydrogens is 250 g/mol. The van der Waals surface area contributed by atoms with Crippen LogP contribution in [0.1, 0.15) is 46.0 Å². The van der Waals surface area contributed by atoms with E-state index in [0.717, 1.165) is 19.6 Å². The highest BCUT2D eigenvalue weighted by atomic mass is 16.3. The van der Waals surface area contributed by atoms with Crippen molar-refractivity contribution in [2.45, 2.75) is 58.2 Å². The third-order valence-corrected chi connectivity index (χ3v) is 5.00. The number of piperazine rings is 1. The second-order valence-electron chi connectivity index (χ2n) is 6.43. The van der Waals surface area contributed by atoms with Crippen LogP contribution in [0, 0.1) is 5.92 Å². The molecule has 4 heteroatoms. The molecule has 20 heavy (non-hydrogen) atoms. The average Bonchev–Trinajstić information content (AvgIpc) is 2.47. The number of nitrogens with two attached hydrogens (primary N) is 1. The molecule has 2 aliphatic rings. The lowest BCUT2D eigenvalue weighted by molar-refractivity contribution is -0.0889. The zero-order valence-corrected chi connectivity index (χ0v) is 13.1. The van der Waals surface area contributed by atoms with Gasteiger partial charge in [-0.1, -0.05) is 25.3 Å². The molecule has 0 radical (unpaired) electrons. The smallest absolute Gasteiger partial charge is 0.110 e. The van der Waals surface area contributed by atoms with Crippen LogP contribution in [0.25, 0.3) is 0 Å². The summed E-state index contributed by atoms with van der Waals surface area (Å²) in [5.41, 5.74) is 6.86. The Kier molecular flexibility index (Phi) is 5.87. The Morgan fingerprint density at radius 2 is 2.00 bits per heavy atom. The predicted octanol–water partition coefficient (Wildman–Crippen LogP) is 1.75. The van der Waals surface area contributed by atoms with Gasteiger partial charge in [-0.25, -0.2) is 0 Å². The van der Waals surface area contributed by atoms with Crippen molar-refractivity contribution in [3.63, 3.8) is 0 Å². The summed E-state index contributed by atoms with van der Waals surface area (Å²) >= 11 is 0. The normalized spacial score (nSPS) is 28.7. The zero-order valence-electron chi connectivity index (χ0n) is 13.1. The highest BCUT2D eigenvalue weighted by Gasteiger charge is 2.33. The quantitative estimate of drug-likeness (QED) is 0.824. The van der Waals surface area contributed by atoms with Crippen LogP contribution in [0.3, 0.4) is 0 Å². The Morgan fingerprint density at radius 3 is 2.60 bits per heavy atom. The van der Waals surface area contributed by atoms with Crippen LogP contribution in [-0.2, 0) is 0 Å². The van der Waals surface area contributed by atoms with Gasteiger partial charge in [-0.05, 0) is 32.6 Å². The minimum Gasteiger partial charge on any atom is -0.378 e. The second-order valence-corrected chi connectivity index (χ2v) is 6.43. The highest BCUT2D eigenvalue weighted by Crippen LogP contribution is 2.29. The van der Waals surface area contributed by atoms with E-state index in [4.69, 9.17) is 5.73 Å². The molecule has 0 spiro atoms. The van der Waals surface area contributed by atoms with Gasteiger partial charge in [0.05, 0.1) is 0 Å². The first-order valence-electron chi connectivity index (χ1n) is 8.19. The Labute approximate surface area is 123 Å². The SMILES string of the molecule is C/C(=C\CN)N1CCN(C(O)C2CCCCC2)[C@H](C)C1. The van der Waals surface area contributed by atoms with Crippen LogP contribution in [0.5, 0.6) is 0 Å². The van der Waals surface area contributed by atoms with Crippen LogP contribution in [-0.4, -0.2) is 53.4 Å². The fraction of sp³-hybridized carbons (Fsp3) is 0.875. The first-order valence-corrected chi connectivity index (χ1v) is 8.19. The van der Waals surface area contributed by atoms with Gasteiger partial charge in [0.25, 0.3) is 0 Å². The van der Waals surface area contributed by atoms with Gasteiger partial charge in [0.1, 0.15) is 6.23 Å². The molecule has 0 amide bonds. The lowest BCUT2D eigenvalue weighted by Crippen LogP contribution is -2.56. The summed E-state index contributed by atoms with van der Waals surface area (Å²) in [7, 11) is 0. The molecule has 0 aromatic rings. The fourth-order valence-corrected chi connectivity index (χ4v) is 3.69. The van der Waals surface area contributed by atoms with E-state index in [-0.39, 0.29) is 6.23 Å². The van der Waals surface area contributed by atoms with Crippen molar-refractivity contribution in [3.8, 4) is 0 Å². The van der Waals surface area contributed by atoms with E-state index in [1.54, 1.807) is 0 Å². The van der Waals surface area contributed by atoms with E-state index < -0.39 is 0 Å². The number of hydrogen-bond acceptors (Lipinski definition) is 4. The number of rotatable bonds is 4. The molecule has 0 aromatic carbocycles. The third kappa shape index (κ3) is 3.74. The van der Waals surface area contributed by atoms with Gasteiger partial charge in [-0.3, -0.25) is 4.90 Å². The van der Waals surface area contributed by atoms with Crippen molar-refractivity contribution in [2.24, 2.45) is 11.7 Å². The molecule has 1 unspecified atom stereocenters. The van der Waals surface area contributed by atoms with E-state index >= 15 is 0 Å². The summed E-state index contributed by atoms with van der Waals surface area (Å²) in [5, 5.41) is 10.7. The molecule has 2 rings (SSSR count). The Bertz CT molecular complexity index is 326. The first-order chi connectivity index (χ1) is 9.63. The van der Waals surface area contributed by atoms with Crippen molar-refractivity contribution < 1.29 is 5.11 Å². The van der Waals surface area contributed by atoms with Gasteiger partial charge in [0.15, 0.2) is 0 Å². The molecule has 0 aromatic heterocycles. The minimum atomic E-state index is -0.244. The molecule has 1 heterocycles. The average molecular weight is 281 g/mol. The maximum atomic E-state index is 10.7. The van der Waals surface area contributed by atoms with Crippen molar-refractivity contribution in [3.05, 3.63) is 11.8 Å². The molecule has 1 saturated heterocycles. The Hall–Kier alpha value is -0.580. The molecule has 0 bridgehead atoms. The molecule has 1 aliphatic heterocycles. The van der Waals surface area contributed by atoms with E-state index in [1.807, 2.05) is 0 Å². The van der Waals surface area contributed by atoms with Gasteiger partial charge < -0.3 is 15.7 Å². The molecule has 1 aliphatic carbocycles. The van der Waals surface area contributed by atoms with Crippen molar-refractivity contribution in [1.82, 2.24) is 9.80 Å². The van der Waals surface area contributed by atoms with E-state index in [0.29, 0.717) is 18.5 Å². The molecule has 1 saturated carbocycles. The van der Waals surface area contributed by atoms with Crippen LogP contribution in [0.2, 0.25) is 0 Å². The zero-order chi connectivity index (χ0) is 14.5. The van der Waals surface area contributed by atoms with Crippen LogP contribution in [0.4, 0.5) is 0 Å². The molecule has 4 nitrogen and oxygen atoms in total. The van der Waals surface area contributed by atoms with Gasteiger partial charge >= 0.3 is 0 Å². The number of hydrogen-bond donors (Lipinski definition) is 2. The molecular formula is C16H31N3O. The van der Waals surface area contributed by atoms with Crippen LogP contribution in [0.15, 0.2) is 11.8 Å². The lowest BCUT2D eigenvalue weighted by Gasteiger charge is -2.45.